The molecule has 16 heavy (non-hydrogen) atoms. The predicted octanol–water partition coefficient (Wildman–Crippen LogP) is 1.78. The standard InChI is InChI=1S/C12H16ClN3/c13-11-7-14-3-1-12(11)16-4-2-9-5-15-6-10(9)8-16/h1,3,7,9-10,15H,2,4-6,8H2. The fraction of sp³-hybridized carbons (Fsp3) is 0.583. The van der Waals surface area contributed by atoms with E-state index < -0.39 is 0 Å². The first-order chi connectivity index (χ1) is 7.84. The Labute approximate surface area is 101 Å². The van der Waals surface area contributed by atoms with Gasteiger partial charge in [0.15, 0.2) is 0 Å². The number of anilines is 1. The minimum atomic E-state index is 0.770. The Kier molecular flexibility index (Phi) is 2.74. The number of piperidine rings is 1. The summed E-state index contributed by atoms with van der Waals surface area (Å²) in [5, 5.41) is 4.25. The van der Waals surface area contributed by atoms with Crippen LogP contribution in [-0.4, -0.2) is 31.2 Å². The van der Waals surface area contributed by atoms with Crippen molar-refractivity contribution in [3.8, 4) is 0 Å². The minimum Gasteiger partial charge on any atom is -0.370 e. The third kappa shape index (κ3) is 1.78. The Bertz CT molecular complexity index is 382. The topological polar surface area (TPSA) is 28.2 Å². The lowest BCUT2D eigenvalue weighted by molar-refractivity contribution is 0.349. The molecule has 2 fully saturated rings. The summed E-state index contributed by atoms with van der Waals surface area (Å²) < 4.78 is 0. The third-order valence-electron chi connectivity index (χ3n) is 3.80. The molecule has 2 aliphatic rings. The molecule has 3 nitrogen and oxygen atoms in total. The summed E-state index contributed by atoms with van der Waals surface area (Å²) in [5.74, 6) is 1.66. The second-order valence-corrected chi connectivity index (χ2v) is 5.15. The number of nitrogens with one attached hydrogen (secondary N) is 1. The first-order valence-electron chi connectivity index (χ1n) is 5.90. The van der Waals surface area contributed by atoms with E-state index in [1.807, 2.05) is 12.3 Å². The number of aromatic nitrogens is 1. The van der Waals surface area contributed by atoms with Gasteiger partial charge in [-0.25, -0.2) is 0 Å². The molecule has 0 radical (unpaired) electrons. The molecule has 2 saturated heterocycles. The lowest BCUT2D eigenvalue weighted by atomic mass is 9.88. The second-order valence-electron chi connectivity index (χ2n) is 4.74. The predicted molar refractivity (Wildman–Crippen MR) is 65.9 cm³/mol. The van der Waals surface area contributed by atoms with Crippen LogP contribution < -0.4 is 10.2 Å². The highest BCUT2D eigenvalue weighted by molar-refractivity contribution is 6.33. The molecule has 2 unspecified atom stereocenters. The van der Waals surface area contributed by atoms with Crippen molar-refractivity contribution in [2.24, 2.45) is 11.8 Å². The number of rotatable bonds is 1. The number of nitrogens with zero attached hydrogens (tertiary/aromatic N) is 2. The van der Waals surface area contributed by atoms with Crippen molar-refractivity contribution in [1.29, 1.82) is 0 Å². The maximum absolute atomic E-state index is 6.18. The Morgan fingerprint density at radius 1 is 1.38 bits per heavy atom. The molecule has 0 bridgehead atoms. The van der Waals surface area contributed by atoms with E-state index in [1.54, 1.807) is 6.20 Å². The highest BCUT2D eigenvalue weighted by atomic mass is 35.5. The molecule has 1 N–H and O–H groups in total. The van der Waals surface area contributed by atoms with E-state index in [1.165, 1.54) is 13.0 Å². The molecule has 1 aromatic rings. The van der Waals surface area contributed by atoms with Crippen molar-refractivity contribution in [3.63, 3.8) is 0 Å². The number of halogens is 1. The summed E-state index contributed by atoms with van der Waals surface area (Å²) in [6.07, 6.45) is 4.83. The van der Waals surface area contributed by atoms with Crippen molar-refractivity contribution in [2.45, 2.75) is 6.42 Å². The van der Waals surface area contributed by atoms with Gasteiger partial charge in [-0.1, -0.05) is 11.6 Å². The summed E-state index contributed by atoms with van der Waals surface area (Å²) in [6, 6.07) is 2.02. The number of hydrogen-bond donors (Lipinski definition) is 1. The average Bonchev–Trinajstić information content (AvgIpc) is 2.76. The van der Waals surface area contributed by atoms with E-state index in [2.05, 4.69) is 15.2 Å². The van der Waals surface area contributed by atoms with Crippen LogP contribution in [0.4, 0.5) is 5.69 Å². The Morgan fingerprint density at radius 3 is 3.12 bits per heavy atom. The molecule has 0 spiro atoms. The fourth-order valence-electron chi connectivity index (χ4n) is 2.88. The van der Waals surface area contributed by atoms with Gasteiger partial charge in [0.25, 0.3) is 0 Å². The van der Waals surface area contributed by atoms with Gasteiger partial charge in [-0.3, -0.25) is 4.98 Å². The zero-order valence-electron chi connectivity index (χ0n) is 9.19. The molecule has 3 heterocycles. The van der Waals surface area contributed by atoms with Crippen LogP contribution in [-0.2, 0) is 0 Å². The van der Waals surface area contributed by atoms with Crippen molar-refractivity contribution in [2.75, 3.05) is 31.1 Å². The van der Waals surface area contributed by atoms with Gasteiger partial charge in [0.05, 0.1) is 10.7 Å². The van der Waals surface area contributed by atoms with E-state index >= 15 is 0 Å². The van der Waals surface area contributed by atoms with Gasteiger partial charge < -0.3 is 10.2 Å². The van der Waals surface area contributed by atoms with Crippen LogP contribution in [0.25, 0.3) is 0 Å². The van der Waals surface area contributed by atoms with Gasteiger partial charge in [0.1, 0.15) is 0 Å². The molecular formula is C12H16ClN3. The lowest BCUT2D eigenvalue weighted by Gasteiger charge is -2.36. The summed E-state index contributed by atoms with van der Waals surface area (Å²) in [7, 11) is 0. The highest BCUT2D eigenvalue weighted by Crippen LogP contribution is 2.32. The third-order valence-corrected chi connectivity index (χ3v) is 4.09. The van der Waals surface area contributed by atoms with E-state index in [4.69, 9.17) is 11.6 Å². The van der Waals surface area contributed by atoms with Crippen LogP contribution in [0.1, 0.15) is 6.42 Å². The van der Waals surface area contributed by atoms with Crippen molar-refractivity contribution in [1.82, 2.24) is 10.3 Å². The Balaban J connectivity index is 1.79. The molecule has 0 aromatic carbocycles. The molecule has 2 atom stereocenters. The van der Waals surface area contributed by atoms with Crippen LogP contribution in [0, 0.1) is 11.8 Å². The quantitative estimate of drug-likeness (QED) is 0.807. The first-order valence-corrected chi connectivity index (χ1v) is 6.27. The Hall–Kier alpha value is -0.800. The zero-order valence-corrected chi connectivity index (χ0v) is 9.95. The number of fused-ring (bicyclic) bond motifs is 1. The SMILES string of the molecule is Clc1cnccc1N1CCC2CNCC2C1. The fourth-order valence-corrected chi connectivity index (χ4v) is 3.12. The maximum atomic E-state index is 6.18. The molecule has 0 aliphatic carbocycles. The molecule has 86 valence electrons. The molecule has 2 aliphatic heterocycles. The monoisotopic (exact) mass is 237 g/mol. The van der Waals surface area contributed by atoms with Crippen molar-refractivity contribution < 1.29 is 0 Å². The van der Waals surface area contributed by atoms with Crippen LogP contribution in [0.2, 0.25) is 5.02 Å². The summed E-state index contributed by atoms with van der Waals surface area (Å²) in [6.45, 7) is 4.60. The van der Waals surface area contributed by atoms with Crippen molar-refractivity contribution in [3.05, 3.63) is 23.5 Å². The maximum Gasteiger partial charge on any atom is 0.0822 e. The van der Waals surface area contributed by atoms with Crippen LogP contribution in [0.3, 0.4) is 0 Å². The number of pyridine rings is 1. The van der Waals surface area contributed by atoms with E-state index in [-0.39, 0.29) is 0 Å². The zero-order chi connectivity index (χ0) is 11.0. The molecule has 0 amide bonds. The normalized spacial score (nSPS) is 29.2. The second kappa shape index (κ2) is 4.22. The van der Waals surface area contributed by atoms with Gasteiger partial charge in [-0.05, 0) is 37.4 Å². The summed E-state index contributed by atoms with van der Waals surface area (Å²) in [4.78, 5) is 6.44. The minimum absolute atomic E-state index is 0.770. The van der Waals surface area contributed by atoms with Gasteiger partial charge in [-0.2, -0.15) is 0 Å². The van der Waals surface area contributed by atoms with Crippen molar-refractivity contribution >= 4 is 17.3 Å². The molecular weight excluding hydrogens is 222 g/mol. The van der Waals surface area contributed by atoms with Gasteiger partial charge in [-0.15, -0.1) is 0 Å². The molecule has 0 saturated carbocycles. The molecule has 3 rings (SSSR count). The van der Waals surface area contributed by atoms with Gasteiger partial charge in [0, 0.05) is 25.5 Å². The largest absolute Gasteiger partial charge is 0.370 e. The highest BCUT2D eigenvalue weighted by Gasteiger charge is 2.33. The molecule has 4 heteroatoms. The van der Waals surface area contributed by atoms with E-state index in [0.717, 1.165) is 42.2 Å². The summed E-state index contributed by atoms with van der Waals surface area (Å²) in [5.41, 5.74) is 1.14. The lowest BCUT2D eigenvalue weighted by Crippen LogP contribution is -2.40. The number of hydrogen-bond acceptors (Lipinski definition) is 3. The first kappa shape index (κ1) is 10.4. The van der Waals surface area contributed by atoms with Gasteiger partial charge in [0.2, 0.25) is 0 Å². The van der Waals surface area contributed by atoms with Crippen LogP contribution >= 0.6 is 11.6 Å². The van der Waals surface area contributed by atoms with Crippen LogP contribution in [0.15, 0.2) is 18.5 Å². The average molecular weight is 238 g/mol. The van der Waals surface area contributed by atoms with E-state index in [0.29, 0.717) is 0 Å². The van der Waals surface area contributed by atoms with E-state index in [9.17, 15) is 0 Å². The Morgan fingerprint density at radius 2 is 2.25 bits per heavy atom. The smallest absolute Gasteiger partial charge is 0.0822 e. The summed E-state index contributed by atoms with van der Waals surface area (Å²) >= 11 is 6.18. The molecule has 1 aromatic heterocycles. The van der Waals surface area contributed by atoms with Gasteiger partial charge >= 0.3 is 0 Å². The van der Waals surface area contributed by atoms with Crippen LogP contribution in [0.5, 0.6) is 0 Å².